The average Bonchev–Trinajstić information content (AvgIpc) is 2.48. The highest BCUT2D eigenvalue weighted by atomic mass is 35.5. The SMILES string of the molecule is Cc1ccc2c3c1-c1c(ccc(O)c1O)C[C@H]3N(C)CC2.Cl. The summed E-state index contributed by atoms with van der Waals surface area (Å²) in [5, 5.41) is 20.3. The smallest absolute Gasteiger partial charge is 0.165 e. The molecule has 2 aromatic carbocycles. The van der Waals surface area contributed by atoms with Gasteiger partial charge in [-0.25, -0.2) is 0 Å². The van der Waals surface area contributed by atoms with Crippen LogP contribution >= 0.6 is 12.4 Å². The van der Waals surface area contributed by atoms with Crippen molar-refractivity contribution in [3.63, 3.8) is 0 Å². The van der Waals surface area contributed by atoms with Gasteiger partial charge in [-0.05, 0) is 60.7 Å². The average molecular weight is 318 g/mol. The van der Waals surface area contributed by atoms with Gasteiger partial charge in [0.05, 0.1) is 0 Å². The number of phenols is 2. The molecule has 0 fully saturated rings. The summed E-state index contributed by atoms with van der Waals surface area (Å²) in [5.41, 5.74) is 6.96. The Labute approximate surface area is 136 Å². The summed E-state index contributed by atoms with van der Waals surface area (Å²) < 4.78 is 0. The highest BCUT2D eigenvalue weighted by Gasteiger charge is 2.35. The number of likely N-dealkylation sites (N-methyl/N-ethyl adjacent to an activating group) is 1. The first-order chi connectivity index (χ1) is 10.1. The molecule has 1 atom stereocenters. The lowest BCUT2D eigenvalue weighted by molar-refractivity contribution is 0.228. The Morgan fingerprint density at radius 2 is 1.77 bits per heavy atom. The number of benzene rings is 2. The summed E-state index contributed by atoms with van der Waals surface area (Å²) >= 11 is 0. The fourth-order valence-electron chi connectivity index (χ4n) is 3.91. The first-order valence-electron chi connectivity index (χ1n) is 7.44. The van der Waals surface area contributed by atoms with E-state index in [0.29, 0.717) is 6.04 Å². The van der Waals surface area contributed by atoms with Gasteiger partial charge >= 0.3 is 0 Å². The van der Waals surface area contributed by atoms with Crippen LogP contribution in [0, 0.1) is 6.92 Å². The number of rotatable bonds is 0. The van der Waals surface area contributed by atoms with E-state index in [-0.39, 0.29) is 23.9 Å². The molecule has 22 heavy (non-hydrogen) atoms. The molecular weight excluding hydrogens is 298 g/mol. The molecule has 0 aromatic heterocycles. The van der Waals surface area contributed by atoms with E-state index in [1.165, 1.54) is 11.1 Å². The first-order valence-corrected chi connectivity index (χ1v) is 7.44. The summed E-state index contributed by atoms with van der Waals surface area (Å²) in [5.74, 6) is -0.0101. The molecule has 4 heteroatoms. The number of nitrogens with zero attached hydrogens (tertiary/aromatic N) is 1. The molecule has 0 saturated carbocycles. The second-order valence-corrected chi connectivity index (χ2v) is 6.25. The van der Waals surface area contributed by atoms with E-state index in [1.807, 2.05) is 6.07 Å². The fourth-order valence-corrected chi connectivity index (χ4v) is 3.91. The van der Waals surface area contributed by atoms with E-state index < -0.39 is 0 Å². The third kappa shape index (κ3) is 1.93. The van der Waals surface area contributed by atoms with Crippen molar-refractivity contribution in [2.24, 2.45) is 0 Å². The van der Waals surface area contributed by atoms with Crippen LogP contribution in [-0.4, -0.2) is 28.7 Å². The Morgan fingerprint density at radius 1 is 1.05 bits per heavy atom. The molecule has 0 unspecified atom stereocenters. The molecule has 1 aliphatic carbocycles. The number of fused-ring (bicyclic) bond motifs is 2. The Bertz CT molecular complexity index is 757. The number of aromatic hydroxyl groups is 2. The maximum absolute atomic E-state index is 10.4. The van der Waals surface area contributed by atoms with Crippen LogP contribution in [0.5, 0.6) is 11.5 Å². The predicted molar refractivity (Wildman–Crippen MR) is 90.0 cm³/mol. The largest absolute Gasteiger partial charge is 0.504 e. The number of aryl methyl sites for hydroxylation is 1. The zero-order valence-electron chi connectivity index (χ0n) is 12.8. The molecule has 0 radical (unpaired) electrons. The Morgan fingerprint density at radius 3 is 2.55 bits per heavy atom. The van der Waals surface area contributed by atoms with Crippen LogP contribution in [0.1, 0.15) is 28.3 Å². The standard InChI is InChI=1S/C18H19NO2.ClH/c1-10-3-4-11-7-8-19(2)13-9-12-5-6-14(20)18(21)17(12)15(10)16(11)13;/h3-6,13,20-21H,7-9H2,1-2H3;1H/t13-;/m1./s1. The minimum atomic E-state index is -0.0339. The molecule has 4 rings (SSSR count). The van der Waals surface area contributed by atoms with Crippen LogP contribution in [-0.2, 0) is 12.8 Å². The molecule has 2 aliphatic rings. The zero-order chi connectivity index (χ0) is 14.7. The van der Waals surface area contributed by atoms with Crippen molar-refractivity contribution in [1.82, 2.24) is 4.90 Å². The van der Waals surface area contributed by atoms with E-state index in [0.717, 1.165) is 41.6 Å². The van der Waals surface area contributed by atoms with Crippen molar-refractivity contribution in [2.75, 3.05) is 13.6 Å². The van der Waals surface area contributed by atoms with E-state index >= 15 is 0 Å². The molecular formula is C18H20ClNO2. The third-order valence-electron chi connectivity index (χ3n) is 5.05. The van der Waals surface area contributed by atoms with Gasteiger partial charge in [0.2, 0.25) is 0 Å². The molecule has 3 nitrogen and oxygen atoms in total. The number of hydrogen-bond donors (Lipinski definition) is 2. The Balaban J connectivity index is 0.00000144. The van der Waals surface area contributed by atoms with Gasteiger partial charge in [0.1, 0.15) is 0 Å². The predicted octanol–water partition coefficient (Wildman–Crippen LogP) is 3.58. The van der Waals surface area contributed by atoms with Crippen LogP contribution in [0.4, 0.5) is 0 Å². The molecule has 2 aromatic rings. The molecule has 0 spiro atoms. The highest BCUT2D eigenvalue weighted by Crippen LogP contribution is 2.51. The summed E-state index contributed by atoms with van der Waals surface area (Å²) in [6.07, 6.45) is 1.94. The molecule has 0 amide bonds. The van der Waals surface area contributed by atoms with Gasteiger partial charge in [-0.2, -0.15) is 0 Å². The van der Waals surface area contributed by atoms with Gasteiger partial charge < -0.3 is 10.2 Å². The van der Waals surface area contributed by atoms with Gasteiger partial charge in [-0.3, -0.25) is 4.90 Å². The van der Waals surface area contributed by atoms with Gasteiger partial charge in [-0.1, -0.05) is 18.2 Å². The summed E-state index contributed by atoms with van der Waals surface area (Å²) in [6, 6.07) is 8.28. The molecule has 116 valence electrons. The van der Waals surface area contributed by atoms with Crippen LogP contribution in [0.25, 0.3) is 11.1 Å². The Hall–Kier alpha value is -1.71. The van der Waals surface area contributed by atoms with E-state index in [1.54, 1.807) is 6.07 Å². The van der Waals surface area contributed by atoms with Gasteiger partial charge in [-0.15, -0.1) is 12.4 Å². The lowest BCUT2D eigenvalue weighted by Gasteiger charge is -2.40. The minimum Gasteiger partial charge on any atom is -0.504 e. The van der Waals surface area contributed by atoms with Gasteiger partial charge in [0, 0.05) is 18.2 Å². The lowest BCUT2D eigenvalue weighted by atomic mass is 9.75. The van der Waals surface area contributed by atoms with E-state index in [4.69, 9.17) is 0 Å². The van der Waals surface area contributed by atoms with Gasteiger partial charge in [0.15, 0.2) is 11.5 Å². The molecule has 0 saturated heterocycles. The van der Waals surface area contributed by atoms with Crippen molar-refractivity contribution < 1.29 is 10.2 Å². The van der Waals surface area contributed by atoms with Crippen LogP contribution in [0.2, 0.25) is 0 Å². The summed E-state index contributed by atoms with van der Waals surface area (Å²) in [7, 11) is 2.17. The highest BCUT2D eigenvalue weighted by molar-refractivity contribution is 5.85. The lowest BCUT2D eigenvalue weighted by Crippen LogP contribution is -2.35. The van der Waals surface area contributed by atoms with Crippen molar-refractivity contribution in [3.8, 4) is 22.6 Å². The summed E-state index contributed by atoms with van der Waals surface area (Å²) in [4.78, 5) is 2.40. The van der Waals surface area contributed by atoms with Crippen molar-refractivity contribution in [1.29, 1.82) is 0 Å². The quantitative estimate of drug-likeness (QED) is 0.730. The first kappa shape index (κ1) is 15.2. The van der Waals surface area contributed by atoms with Crippen molar-refractivity contribution in [2.45, 2.75) is 25.8 Å². The second kappa shape index (κ2) is 5.18. The van der Waals surface area contributed by atoms with Gasteiger partial charge in [0.25, 0.3) is 0 Å². The number of hydrogen-bond acceptors (Lipinski definition) is 3. The van der Waals surface area contributed by atoms with E-state index in [2.05, 4.69) is 31.0 Å². The normalized spacial score (nSPS) is 19.1. The van der Waals surface area contributed by atoms with Crippen LogP contribution in [0.3, 0.4) is 0 Å². The molecule has 1 aliphatic heterocycles. The molecule has 2 N–H and O–H groups in total. The van der Waals surface area contributed by atoms with Crippen LogP contribution < -0.4 is 0 Å². The van der Waals surface area contributed by atoms with Crippen LogP contribution in [0.15, 0.2) is 24.3 Å². The maximum Gasteiger partial charge on any atom is 0.165 e. The second-order valence-electron chi connectivity index (χ2n) is 6.25. The maximum atomic E-state index is 10.4. The van der Waals surface area contributed by atoms with Crippen molar-refractivity contribution in [3.05, 3.63) is 46.5 Å². The number of halogens is 1. The van der Waals surface area contributed by atoms with E-state index in [9.17, 15) is 10.2 Å². The number of phenolic OH excluding ortho intramolecular Hbond substituents is 2. The summed E-state index contributed by atoms with van der Waals surface area (Å²) in [6.45, 7) is 3.15. The molecule has 1 heterocycles. The third-order valence-corrected chi connectivity index (χ3v) is 5.05. The minimum absolute atomic E-state index is 0. The Kier molecular flexibility index (Phi) is 3.58. The van der Waals surface area contributed by atoms with Crippen molar-refractivity contribution >= 4 is 12.4 Å². The fraction of sp³-hybridized carbons (Fsp3) is 0.333. The molecule has 0 bridgehead atoms. The zero-order valence-corrected chi connectivity index (χ0v) is 13.6. The topological polar surface area (TPSA) is 43.7 Å². The monoisotopic (exact) mass is 317 g/mol.